The van der Waals surface area contributed by atoms with E-state index < -0.39 is 0 Å². The lowest BCUT2D eigenvalue weighted by Gasteiger charge is -2.14. The summed E-state index contributed by atoms with van der Waals surface area (Å²) in [6.07, 6.45) is 10.0. The summed E-state index contributed by atoms with van der Waals surface area (Å²) >= 11 is 2.07. The van der Waals surface area contributed by atoms with E-state index in [4.69, 9.17) is 5.10 Å². The Hall–Kier alpha value is -0.440. The Balaban J connectivity index is 0.00000192. The van der Waals surface area contributed by atoms with E-state index in [1.54, 1.807) is 0 Å². The molecule has 0 spiro atoms. The van der Waals surface area contributed by atoms with Crippen LogP contribution in [0.5, 0.6) is 0 Å². The van der Waals surface area contributed by atoms with E-state index in [9.17, 15) is 0 Å². The van der Waals surface area contributed by atoms with Gasteiger partial charge in [-0.2, -0.15) is 16.9 Å². The van der Waals surface area contributed by atoms with Gasteiger partial charge in [0.05, 0.1) is 18.3 Å². The number of nitrogens with one attached hydrogen (secondary N) is 2. The van der Waals surface area contributed by atoms with Gasteiger partial charge in [-0.3, -0.25) is 9.67 Å². The predicted molar refractivity (Wildman–Crippen MR) is 109 cm³/mol. The molecule has 0 aromatic carbocycles. The van der Waals surface area contributed by atoms with Crippen LogP contribution in [0.4, 0.5) is 0 Å². The maximum atomic E-state index is 4.70. The Labute approximate surface area is 160 Å². The first-order valence-corrected chi connectivity index (χ1v) is 9.50. The van der Waals surface area contributed by atoms with Crippen molar-refractivity contribution < 1.29 is 0 Å². The van der Waals surface area contributed by atoms with Crippen LogP contribution in [0.15, 0.2) is 17.3 Å². The van der Waals surface area contributed by atoms with Gasteiger partial charge in [-0.15, -0.1) is 24.0 Å². The maximum absolute atomic E-state index is 4.70. The molecule has 1 aromatic rings. The monoisotopic (exact) mass is 449 g/mol. The maximum Gasteiger partial charge on any atom is 0.191 e. The van der Waals surface area contributed by atoms with Crippen molar-refractivity contribution in [1.29, 1.82) is 0 Å². The average molecular weight is 449 g/mol. The first-order valence-electron chi connectivity index (χ1n) is 8.45. The molecule has 0 amide bonds. The third-order valence-electron chi connectivity index (χ3n) is 4.54. The molecule has 0 radical (unpaired) electrons. The smallest absolute Gasteiger partial charge is 0.191 e. The number of aromatic nitrogens is 2. The van der Waals surface area contributed by atoms with Gasteiger partial charge in [-0.05, 0) is 37.5 Å². The molecule has 2 aliphatic rings. The lowest BCUT2D eigenvalue weighted by atomic mass is 10.2. The van der Waals surface area contributed by atoms with Crippen LogP contribution >= 0.6 is 35.7 Å². The number of hydrogen-bond acceptors (Lipinski definition) is 3. The van der Waals surface area contributed by atoms with Crippen LogP contribution in [-0.2, 0) is 6.54 Å². The molecule has 1 aromatic heterocycles. The molecular weight excluding hydrogens is 421 g/mol. The fraction of sp³-hybridized carbons (Fsp3) is 0.750. The summed E-state index contributed by atoms with van der Waals surface area (Å²) in [5.41, 5.74) is 1.09. The Kier molecular flexibility index (Phi) is 8.02. The van der Waals surface area contributed by atoms with Crippen molar-refractivity contribution >= 4 is 41.7 Å². The van der Waals surface area contributed by atoms with Gasteiger partial charge in [0.2, 0.25) is 0 Å². The predicted octanol–water partition coefficient (Wildman–Crippen LogP) is 3.18. The largest absolute Gasteiger partial charge is 0.355 e. The second-order valence-electron chi connectivity index (χ2n) is 6.17. The lowest BCUT2D eigenvalue weighted by Crippen LogP contribution is -2.39. The molecule has 3 rings (SSSR count). The second kappa shape index (κ2) is 9.76. The molecule has 5 nitrogen and oxygen atoms in total. The molecule has 23 heavy (non-hydrogen) atoms. The summed E-state index contributed by atoms with van der Waals surface area (Å²) in [7, 11) is 1.83. The van der Waals surface area contributed by atoms with Gasteiger partial charge >= 0.3 is 0 Å². The van der Waals surface area contributed by atoms with Gasteiger partial charge in [-0.1, -0.05) is 12.8 Å². The highest BCUT2D eigenvalue weighted by Crippen LogP contribution is 2.28. The molecule has 1 saturated heterocycles. The van der Waals surface area contributed by atoms with Gasteiger partial charge in [0, 0.05) is 25.0 Å². The van der Waals surface area contributed by atoms with Crippen molar-refractivity contribution in [3.8, 4) is 0 Å². The van der Waals surface area contributed by atoms with E-state index in [-0.39, 0.29) is 24.0 Å². The normalized spacial score (nSPS) is 22.1. The van der Waals surface area contributed by atoms with Crippen molar-refractivity contribution in [2.24, 2.45) is 4.99 Å². The van der Waals surface area contributed by atoms with E-state index in [0.29, 0.717) is 6.04 Å². The molecule has 2 N–H and O–H groups in total. The van der Waals surface area contributed by atoms with Gasteiger partial charge in [0.15, 0.2) is 5.96 Å². The number of aliphatic imine (C=N–C) groups is 1. The zero-order chi connectivity index (χ0) is 15.2. The minimum atomic E-state index is 0. The molecule has 1 unspecified atom stereocenters. The van der Waals surface area contributed by atoms with Gasteiger partial charge in [0.25, 0.3) is 0 Å². The minimum Gasteiger partial charge on any atom is -0.355 e. The Morgan fingerprint density at radius 2 is 2.13 bits per heavy atom. The van der Waals surface area contributed by atoms with E-state index in [1.807, 2.05) is 7.05 Å². The molecule has 7 heteroatoms. The highest BCUT2D eigenvalue weighted by molar-refractivity contribution is 14.0. The highest BCUT2D eigenvalue weighted by atomic mass is 127. The number of thioether (sulfide) groups is 1. The minimum absolute atomic E-state index is 0. The standard InChI is InChI=1S/C16H27N5S.HI/c1-17-16(19-12-15-7-4-10-22-15)18-11-13-8-9-21(20-13)14-5-2-3-6-14;/h8-9,14-15H,2-7,10-12H2,1H3,(H2,17,18,19);1H. The zero-order valence-electron chi connectivity index (χ0n) is 13.8. The van der Waals surface area contributed by atoms with E-state index in [1.165, 1.54) is 44.3 Å². The fourth-order valence-corrected chi connectivity index (χ4v) is 4.46. The van der Waals surface area contributed by atoms with Crippen molar-refractivity contribution in [3.63, 3.8) is 0 Å². The van der Waals surface area contributed by atoms with Crippen LogP contribution in [-0.4, -0.2) is 40.3 Å². The molecule has 1 aliphatic heterocycles. The summed E-state index contributed by atoms with van der Waals surface area (Å²) in [5.74, 6) is 2.18. The second-order valence-corrected chi connectivity index (χ2v) is 7.58. The number of guanidine groups is 1. The molecular formula is C16H28IN5S. The fourth-order valence-electron chi connectivity index (χ4n) is 3.25. The zero-order valence-corrected chi connectivity index (χ0v) is 17.0. The van der Waals surface area contributed by atoms with Crippen LogP contribution in [0.2, 0.25) is 0 Å². The van der Waals surface area contributed by atoms with E-state index in [0.717, 1.165) is 30.0 Å². The SMILES string of the molecule is CN=C(NCc1ccn(C2CCCC2)n1)NCC1CCCS1.I. The van der Waals surface area contributed by atoms with Gasteiger partial charge in [0.1, 0.15) is 0 Å². The topological polar surface area (TPSA) is 54.2 Å². The molecule has 1 aliphatic carbocycles. The highest BCUT2D eigenvalue weighted by Gasteiger charge is 2.18. The number of rotatable bonds is 5. The van der Waals surface area contributed by atoms with Crippen LogP contribution in [0.1, 0.15) is 50.3 Å². The molecule has 2 heterocycles. The molecule has 1 saturated carbocycles. The number of nitrogens with zero attached hydrogens (tertiary/aromatic N) is 3. The quantitative estimate of drug-likeness (QED) is 0.412. The summed E-state index contributed by atoms with van der Waals surface area (Å²) in [6, 6.07) is 2.73. The summed E-state index contributed by atoms with van der Waals surface area (Å²) in [4.78, 5) is 4.30. The Bertz CT molecular complexity index is 492. The molecule has 0 bridgehead atoms. The van der Waals surface area contributed by atoms with Crippen molar-refractivity contribution in [2.75, 3.05) is 19.3 Å². The Morgan fingerprint density at radius 1 is 1.30 bits per heavy atom. The summed E-state index contributed by atoms with van der Waals surface area (Å²) < 4.78 is 2.15. The third kappa shape index (κ3) is 5.55. The van der Waals surface area contributed by atoms with E-state index in [2.05, 4.69) is 44.3 Å². The van der Waals surface area contributed by atoms with Crippen LogP contribution in [0.3, 0.4) is 0 Å². The van der Waals surface area contributed by atoms with Crippen molar-refractivity contribution in [2.45, 2.75) is 56.4 Å². The summed E-state index contributed by atoms with van der Waals surface area (Å²) in [5, 5.41) is 12.2. The third-order valence-corrected chi connectivity index (χ3v) is 5.94. The van der Waals surface area contributed by atoms with Crippen LogP contribution in [0, 0.1) is 0 Å². The molecule has 2 fully saturated rings. The van der Waals surface area contributed by atoms with Gasteiger partial charge in [-0.25, -0.2) is 0 Å². The molecule has 1 atom stereocenters. The number of halogens is 1. The Morgan fingerprint density at radius 3 is 2.83 bits per heavy atom. The van der Waals surface area contributed by atoms with Crippen molar-refractivity contribution in [1.82, 2.24) is 20.4 Å². The van der Waals surface area contributed by atoms with Crippen molar-refractivity contribution in [3.05, 3.63) is 18.0 Å². The number of hydrogen-bond donors (Lipinski definition) is 2. The van der Waals surface area contributed by atoms with Crippen LogP contribution in [0.25, 0.3) is 0 Å². The summed E-state index contributed by atoms with van der Waals surface area (Å²) in [6.45, 7) is 1.73. The molecule has 130 valence electrons. The first kappa shape index (κ1) is 18.9. The van der Waals surface area contributed by atoms with Crippen LogP contribution < -0.4 is 10.6 Å². The van der Waals surface area contributed by atoms with Gasteiger partial charge < -0.3 is 10.6 Å². The lowest BCUT2D eigenvalue weighted by molar-refractivity contribution is 0.462. The first-order chi connectivity index (χ1) is 10.8. The van der Waals surface area contributed by atoms with E-state index >= 15 is 0 Å². The average Bonchev–Trinajstić information content (AvgIpc) is 3.29.